The van der Waals surface area contributed by atoms with Gasteiger partial charge in [0.25, 0.3) is 0 Å². The zero-order valence-electron chi connectivity index (χ0n) is 15.6. The van der Waals surface area contributed by atoms with Gasteiger partial charge in [0.2, 0.25) is 15.9 Å². The number of sulfonamides is 1. The minimum Gasteiger partial charge on any atom is -0.340 e. The maximum absolute atomic E-state index is 12.9. The zero-order valence-corrected chi connectivity index (χ0v) is 16.4. The number of rotatable bonds is 5. The molecule has 0 aromatic heterocycles. The molecule has 2 aromatic carbocycles. The highest BCUT2D eigenvalue weighted by Crippen LogP contribution is 2.31. The number of alkyl halides is 3. The number of hydrogen-bond donors (Lipinski definition) is 0. The third kappa shape index (κ3) is 5.16. The molecular weight excluding hydrogens is 405 g/mol. The molecule has 156 valence electrons. The van der Waals surface area contributed by atoms with Crippen molar-refractivity contribution in [2.45, 2.75) is 23.9 Å². The second-order valence-corrected chi connectivity index (χ2v) is 8.73. The number of amides is 1. The van der Waals surface area contributed by atoms with E-state index in [0.717, 1.165) is 28.1 Å². The molecule has 0 radical (unpaired) electrons. The molecule has 1 saturated heterocycles. The van der Waals surface area contributed by atoms with E-state index in [0.29, 0.717) is 18.9 Å². The predicted octanol–water partition coefficient (Wildman–Crippen LogP) is 3.17. The summed E-state index contributed by atoms with van der Waals surface area (Å²) >= 11 is 0. The molecule has 0 bridgehead atoms. The van der Waals surface area contributed by atoms with Crippen LogP contribution in [0.25, 0.3) is 0 Å². The predicted molar refractivity (Wildman–Crippen MR) is 102 cm³/mol. The molecule has 5 nitrogen and oxygen atoms in total. The topological polar surface area (TPSA) is 57.7 Å². The van der Waals surface area contributed by atoms with Crippen molar-refractivity contribution >= 4 is 15.9 Å². The zero-order chi connectivity index (χ0) is 21.1. The van der Waals surface area contributed by atoms with Gasteiger partial charge < -0.3 is 4.90 Å². The van der Waals surface area contributed by atoms with Crippen LogP contribution in [0.4, 0.5) is 13.2 Å². The van der Waals surface area contributed by atoms with Crippen LogP contribution in [0.5, 0.6) is 0 Å². The quantitative estimate of drug-likeness (QED) is 0.738. The summed E-state index contributed by atoms with van der Waals surface area (Å²) in [5.74, 6) is -0.0648. The van der Waals surface area contributed by atoms with Crippen LogP contribution >= 0.6 is 0 Å². The van der Waals surface area contributed by atoms with Crippen LogP contribution in [-0.2, 0) is 27.4 Å². The minimum absolute atomic E-state index is 0.0512. The van der Waals surface area contributed by atoms with Crippen LogP contribution in [0.1, 0.15) is 17.5 Å². The Hall–Kier alpha value is -2.39. The number of carbonyl (C=O) groups excluding carboxylic acids is 1. The van der Waals surface area contributed by atoms with Gasteiger partial charge >= 0.3 is 6.18 Å². The highest BCUT2D eigenvalue weighted by molar-refractivity contribution is 7.89. The van der Waals surface area contributed by atoms with Gasteiger partial charge in [-0.1, -0.05) is 36.4 Å². The Morgan fingerprint density at radius 3 is 2.21 bits per heavy atom. The Labute approximate surface area is 167 Å². The van der Waals surface area contributed by atoms with Gasteiger partial charge in [-0.15, -0.1) is 0 Å². The van der Waals surface area contributed by atoms with Crippen LogP contribution in [0.2, 0.25) is 0 Å². The van der Waals surface area contributed by atoms with Gasteiger partial charge in [0.15, 0.2) is 0 Å². The molecule has 29 heavy (non-hydrogen) atoms. The second kappa shape index (κ2) is 8.54. The molecule has 0 saturated carbocycles. The van der Waals surface area contributed by atoms with Gasteiger partial charge in [-0.3, -0.25) is 4.79 Å². The molecule has 0 N–H and O–H groups in total. The monoisotopic (exact) mass is 426 g/mol. The average molecular weight is 426 g/mol. The first-order valence-electron chi connectivity index (χ1n) is 9.17. The van der Waals surface area contributed by atoms with Crippen LogP contribution in [0.3, 0.4) is 0 Å². The van der Waals surface area contributed by atoms with E-state index >= 15 is 0 Å². The van der Waals surface area contributed by atoms with E-state index in [1.54, 1.807) is 4.90 Å². The highest BCUT2D eigenvalue weighted by atomic mass is 32.2. The van der Waals surface area contributed by atoms with Crippen LogP contribution in [0.15, 0.2) is 59.5 Å². The Bertz CT molecular complexity index is 954. The highest BCUT2D eigenvalue weighted by Gasteiger charge is 2.34. The van der Waals surface area contributed by atoms with E-state index in [2.05, 4.69) is 0 Å². The van der Waals surface area contributed by atoms with E-state index in [1.165, 1.54) is 0 Å². The average Bonchev–Trinajstić information content (AvgIpc) is 2.72. The van der Waals surface area contributed by atoms with E-state index in [4.69, 9.17) is 0 Å². The van der Waals surface area contributed by atoms with Crippen molar-refractivity contribution in [1.82, 2.24) is 9.21 Å². The van der Waals surface area contributed by atoms with Crippen molar-refractivity contribution in [3.8, 4) is 0 Å². The lowest BCUT2D eigenvalue weighted by Crippen LogP contribution is -2.50. The van der Waals surface area contributed by atoms with Crippen molar-refractivity contribution in [3.63, 3.8) is 0 Å². The van der Waals surface area contributed by atoms with Gasteiger partial charge in [-0.05, 0) is 30.2 Å². The third-order valence-corrected chi connectivity index (χ3v) is 6.76. The maximum Gasteiger partial charge on any atom is 0.416 e. The fourth-order valence-electron chi connectivity index (χ4n) is 3.21. The standard InChI is InChI=1S/C20H21F3N2O3S/c21-20(22,23)17-7-4-8-18(15-17)29(27,28)25-13-11-24(12-14-25)19(26)10-9-16-5-2-1-3-6-16/h1-8,15H,9-14H2. The number of benzene rings is 2. The van der Waals surface area contributed by atoms with Crippen molar-refractivity contribution in [3.05, 3.63) is 65.7 Å². The van der Waals surface area contributed by atoms with Gasteiger partial charge in [-0.2, -0.15) is 17.5 Å². The van der Waals surface area contributed by atoms with E-state index < -0.39 is 26.7 Å². The summed E-state index contributed by atoms with van der Waals surface area (Å²) < 4.78 is 65.2. The van der Waals surface area contributed by atoms with Crippen LogP contribution in [-0.4, -0.2) is 49.7 Å². The first-order valence-corrected chi connectivity index (χ1v) is 10.6. The smallest absolute Gasteiger partial charge is 0.340 e. The van der Waals surface area contributed by atoms with Crippen molar-refractivity contribution < 1.29 is 26.4 Å². The number of piperazine rings is 1. The molecular formula is C20H21F3N2O3S. The number of aryl methyl sites for hydroxylation is 1. The SMILES string of the molecule is O=C(CCc1ccccc1)N1CCN(S(=O)(=O)c2cccc(C(F)(F)F)c2)CC1. The summed E-state index contributed by atoms with van der Waals surface area (Å²) in [6, 6.07) is 13.3. The van der Waals surface area contributed by atoms with E-state index in [-0.39, 0.29) is 32.1 Å². The first kappa shape index (κ1) is 21.3. The molecule has 1 amide bonds. The number of nitrogens with zero attached hydrogens (tertiary/aromatic N) is 2. The molecule has 0 aliphatic carbocycles. The van der Waals surface area contributed by atoms with Gasteiger partial charge in [0.05, 0.1) is 10.5 Å². The molecule has 1 heterocycles. The fraction of sp³-hybridized carbons (Fsp3) is 0.350. The lowest BCUT2D eigenvalue weighted by molar-refractivity contribution is -0.137. The molecule has 1 fully saturated rings. The largest absolute Gasteiger partial charge is 0.416 e. The normalized spacial score (nSPS) is 16.0. The van der Waals surface area contributed by atoms with Crippen LogP contribution in [0, 0.1) is 0 Å². The lowest BCUT2D eigenvalue weighted by atomic mass is 10.1. The van der Waals surface area contributed by atoms with E-state index in [9.17, 15) is 26.4 Å². The first-order chi connectivity index (χ1) is 13.7. The molecule has 3 rings (SSSR count). The minimum atomic E-state index is -4.62. The Morgan fingerprint density at radius 2 is 1.59 bits per heavy atom. The van der Waals surface area contributed by atoms with Gasteiger partial charge in [0, 0.05) is 32.6 Å². The summed E-state index contributed by atoms with van der Waals surface area (Å²) in [6.07, 6.45) is -3.69. The maximum atomic E-state index is 12.9. The Morgan fingerprint density at radius 1 is 0.931 bits per heavy atom. The second-order valence-electron chi connectivity index (χ2n) is 6.80. The molecule has 9 heteroatoms. The molecule has 0 spiro atoms. The lowest BCUT2D eigenvalue weighted by Gasteiger charge is -2.34. The van der Waals surface area contributed by atoms with Gasteiger partial charge in [-0.25, -0.2) is 8.42 Å². The van der Waals surface area contributed by atoms with Crippen molar-refractivity contribution in [2.24, 2.45) is 0 Å². The molecule has 1 aliphatic rings. The number of carbonyl (C=O) groups is 1. The number of hydrogen-bond acceptors (Lipinski definition) is 3. The summed E-state index contributed by atoms with van der Waals surface area (Å²) in [4.78, 5) is 13.6. The van der Waals surface area contributed by atoms with E-state index in [1.807, 2.05) is 30.3 Å². The Balaban J connectivity index is 1.60. The summed E-state index contributed by atoms with van der Waals surface area (Å²) in [5.41, 5.74) is 0.0416. The molecule has 2 aromatic rings. The number of halogens is 3. The molecule has 0 unspecified atom stereocenters. The van der Waals surface area contributed by atoms with Gasteiger partial charge in [0.1, 0.15) is 0 Å². The van der Waals surface area contributed by atoms with Crippen LogP contribution < -0.4 is 0 Å². The molecule has 1 aliphatic heterocycles. The van der Waals surface area contributed by atoms with Crippen molar-refractivity contribution in [2.75, 3.05) is 26.2 Å². The third-order valence-electron chi connectivity index (χ3n) is 4.86. The summed E-state index contributed by atoms with van der Waals surface area (Å²) in [6.45, 7) is 0.531. The summed E-state index contributed by atoms with van der Waals surface area (Å²) in [5, 5.41) is 0. The summed E-state index contributed by atoms with van der Waals surface area (Å²) in [7, 11) is -4.05. The fourth-order valence-corrected chi connectivity index (χ4v) is 4.68. The Kier molecular flexibility index (Phi) is 6.28. The van der Waals surface area contributed by atoms with Crippen molar-refractivity contribution in [1.29, 1.82) is 0 Å². The molecule has 0 atom stereocenters.